The van der Waals surface area contributed by atoms with E-state index in [0.717, 1.165) is 27.1 Å². The van der Waals surface area contributed by atoms with Crippen molar-refractivity contribution in [3.63, 3.8) is 0 Å². The second-order valence-corrected chi connectivity index (χ2v) is 14.6. The molecular formula is C34H48O2S. The van der Waals surface area contributed by atoms with E-state index in [-0.39, 0.29) is 34.5 Å². The molecule has 0 saturated heterocycles. The number of benzene rings is 1. The van der Waals surface area contributed by atoms with Crippen LogP contribution in [0.3, 0.4) is 0 Å². The lowest BCUT2D eigenvalue weighted by molar-refractivity contribution is -0.129. The molecule has 1 aromatic carbocycles. The Kier molecular flexibility index (Phi) is 7.85. The molecule has 0 amide bonds. The summed E-state index contributed by atoms with van der Waals surface area (Å²) in [6.07, 6.45) is 0. The fourth-order valence-electron chi connectivity index (χ4n) is 6.28. The third-order valence-electron chi connectivity index (χ3n) is 8.92. The monoisotopic (exact) mass is 520 g/mol. The average molecular weight is 521 g/mol. The molecule has 1 aliphatic rings. The van der Waals surface area contributed by atoms with Crippen molar-refractivity contribution in [2.45, 2.75) is 90.0 Å². The van der Waals surface area contributed by atoms with E-state index in [4.69, 9.17) is 0 Å². The molecule has 4 atom stereocenters. The standard InChI is InChI=1S/C34H48O2S/c1-17-21(5)31(35)22(6)18(2)27(17)29(33(9,10)11)25-15-16-26(37-25)30(34(12,13)14)28-19(3)23(7)32(36)24(8)20(28)4/h15-16,19-20,23-24,35H,1H2,2-14H3. The number of thiophene rings is 1. The van der Waals surface area contributed by atoms with Gasteiger partial charge in [-0.1, -0.05) is 81.4 Å². The molecule has 0 bridgehead atoms. The number of phenols is 1. The maximum Gasteiger partial charge on any atom is 0.139 e. The Morgan fingerprint density at radius 1 is 0.757 bits per heavy atom. The van der Waals surface area contributed by atoms with Gasteiger partial charge in [-0.25, -0.2) is 0 Å². The van der Waals surface area contributed by atoms with Crippen molar-refractivity contribution in [1.29, 1.82) is 0 Å². The highest BCUT2D eigenvalue weighted by atomic mass is 32.1. The summed E-state index contributed by atoms with van der Waals surface area (Å²) in [5, 5.41) is 12.8. The molecule has 3 rings (SSSR count). The van der Waals surface area contributed by atoms with Crippen LogP contribution in [0.15, 0.2) is 17.7 Å². The maximum absolute atomic E-state index is 13.0. The summed E-state index contributed by atoms with van der Waals surface area (Å²) < 4.78 is 0. The molecule has 202 valence electrons. The molecule has 2 nitrogen and oxygen atoms in total. The van der Waals surface area contributed by atoms with Gasteiger partial charge in [-0.2, -0.15) is 0 Å². The summed E-state index contributed by atoms with van der Waals surface area (Å²) in [4.78, 5) is 15.5. The first-order valence-electron chi connectivity index (χ1n) is 13.7. The molecule has 1 N–H and O–H groups in total. The zero-order valence-corrected chi connectivity index (χ0v) is 26.3. The quantitative estimate of drug-likeness (QED) is 0.436. The topological polar surface area (TPSA) is 37.3 Å². The largest absolute Gasteiger partial charge is 0.507 e. The predicted octanol–water partition coefficient (Wildman–Crippen LogP) is 7.96. The number of Topliss-reactive ketones (excluding diaryl/α,β-unsaturated/α-hetero) is 1. The van der Waals surface area contributed by atoms with Crippen molar-refractivity contribution in [3.8, 4) is 5.75 Å². The Hall–Kier alpha value is -2.13. The van der Waals surface area contributed by atoms with E-state index in [0.29, 0.717) is 11.5 Å². The van der Waals surface area contributed by atoms with Crippen molar-refractivity contribution in [3.05, 3.63) is 54.6 Å². The molecular weight excluding hydrogens is 472 g/mol. The first-order valence-corrected chi connectivity index (χ1v) is 14.5. The van der Waals surface area contributed by atoms with Crippen LogP contribution in [0, 0.1) is 55.3 Å². The third kappa shape index (κ3) is 5.01. The van der Waals surface area contributed by atoms with Gasteiger partial charge < -0.3 is 5.11 Å². The van der Waals surface area contributed by atoms with E-state index in [1.165, 1.54) is 26.5 Å². The second-order valence-electron chi connectivity index (χ2n) is 13.5. The number of phenolic OH excluding ortho intramolecular Hbond substituents is 1. The average Bonchev–Trinajstić information content (AvgIpc) is 3.25. The van der Waals surface area contributed by atoms with Gasteiger partial charge in [-0.05, 0) is 93.8 Å². The van der Waals surface area contributed by atoms with Crippen LogP contribution in [0.4, 0.5) is 0 Å². The highest BCUT2D eigenvalue weighted by Gasteiger charge is 2.42. The summed E-state index contributed by atoms with van der Waals surface area (Å²) in [5.74, 6) is 1.26. The van der Waals surface area contributed by atoms with Crippen molar-refractivity contribution >= 4 is 34.8 Å². The van der Waals surface area contributed by atoms with Crippen LogP contribution in [0.2, 0.25) is 0 Å². The van der Waals surface area contributed by atoms with Crippen LogP contribution in [0.25, 0.3) is 17.7 Å². The fourth-order valence-corrected chi connectivity index (χ4v) is 7.82. The third-order valence-corrected chi connectivity index (χ3v) is 10.0. The summed E-state index contributed by atoms with van der Waals surface area (Å²) >= 11 is 1.86. The molecule has 37 heavy (non-hydrogen) atoms. The zero-order valence-electron chi connectivity index (χ0n) is 25.4. The van der Waals surface area contributed by atoms with E-state index in [2.05, 4.69) is 94.9 Å². The molecule has 1 aliphatic carbocycles. The highest BCUT2D eigenvalue weighted by molar-refractivity contribution is 7.14. The van der Waals surface area contributed by atoms with E-state index in [1.807, 2.05) is 25.2 Å². The van der Waals surface area contributed by atoms with Crippen molar-refractivity contribution in [2.75, 3.05) is 0 Å². The van der Waals surface area contributed by atoms with E-state index in [1.54, 1.807) is 0 Å². The van der Waals surface area contributed by atoms with Gasteiger partial charge in [0, 0.05) is 21.6 Å². The summed E-state index contributed by atoms with van der Waals surface area (Å²) in [6, 6.07) is 4.57. The van der Waals surface area contributed by atoms with Crippen molar-refractivity contribution in [2.24, 2.45) is 34.5 Å². The second kappa shape index (κ2) is 9.88. The van der Waals surface area contributed by atoms with Crippen molar-refractivity contribution < 1.29 is 9.90 Å². The van der Waals surface area contributed by atoms with Gasteiger partial charge >= 0.3 is 0 Å². The van der Waals surface area contributed by atoms with E-state index >= 15 is 0 Å². The molecule has 1 fully saturated rings. The molecule has 1 heterocycles. The zero-order chi connectivity index (χ0) is 28.4. The first kappa shape index (κ1) is 29.4. The summed E-state index contributed by atoms with van der Waals surface area (Å²) in [7, 11) is 0. The SMILES string of the molecule is C=c1c(C)c(O)c(C)c(C)c1=C(c1ccc(C(=C2C(C)C(C)C(=O)C(C)C2C)C(C)(C)C)s1)C(C)(C)C. The number of carbonyl (C=O) groups is 1. The number of ketones is 1. The van der Waals surface area contributed by atoms with Gasteiger partial charge in [0.1, 0.15) is 11.5 Å². The minimum absolute atomic E-state index is 0.0361. The summed E-state index contributed by atoms with van der Waals surface area (Å²) in [6.45, 7) is 32.9. The molecule has 0 radical (unpaired) electrons. The van der Waals surface area contributed by atoms with Gasteiger partial charge in [-0.3, -0.25) is 4.79 Å². The highest BCUT2D eigenvalue weighted by Crippen LogP contribution is 2.50. The van der Waals surface area contributed by atoms with Gasteiger partial charge in [0.15, 0.2) is 0 Å². The molecule has 0 spiro atoms. The Labute approximate surface area is 229 Å². The maximum atomic E-state index is 13.0. The molecule has 4 unspecified atom stereocenters. The van der Waals surface area contributed by atoms with Gasteiger partial charge in [-0.15, -0.1) is 11.3 Å². The number of rotatable bonds is 2. The number of aromatic hydroxyl groups is 1. The normalized spacial score (nSPS) is 23.9. The predicted molar refractivity (Wildman–Crippen MR) is 161 cm³/mol. The minimum atomic E-state index is -0.120. The van der Waals surface area contributed by atoms with E-state index < -0.39 is 0 Å². The molecule has 3 heteroatoms. The molecule has 1 aromatic heterocycles. The smallest absolute Gasteiger partial charge is 0.139 e. The number of carbonyl (C=O) groups excluding carboxylic acids is 1. The fraction of sp³-hybridized carbons (Fsp3) is 0.559. The van der Waals surface area contributed by atoms with Crippen LogP contribution in [-0.4, -0.2) is 10.9 Å². The van der Waals surface area contributed by atoms with Crippen LogP contribution in [-0.2, 0) is 4.79 Å². The lowest BCUT2D eigenvalue weighted by Crippen LogP contribution is -2.39. The van der Waals surface area contributed by atoms with Crippen LogP contribution in [0.5, 0.6) is 5.75 Å². The van der Waals surface area contributed by atoms with Gasteiger partial charge in [0.25, 0.3) is 0 Å². The van der Waals surface area contributed by atoms with Crippen LogP contribution >= 0.6 is 11.3 Å². The molecule has 0 aliphatic heterocycles. The Morgan fingerprint density at radius 3 is 1.62 bits per heavy atom. The van der Waals surface area contributed by atoms with Crippen LogP contribution in [0.1, 0.15) is 95.7 Å². The van der Waals surface area contributed by atoms with Gasteiger partial charge in [0.05, 0.1) is 0 Å². The van der Waals surface area contributed by atoms with Crippen molar-refractivity contribution in [1.82, 2.24) is 0 Å². The number of allylic oxidation sites excluding steroid dienone is 2. The Morgan fingerprint density at radius 2 is 1.19 bits per heavy atom. The first-order chi connectivity index (χ1) is 16.8. The van der Waals surface area contributed by atoms with Crippen LogP contribution < -0.4 is 10.4 Å². The lowest BCUT2D eigenvalue weighted by Gasteiger charge is -2.41. The lowest BCUT2D eigenvalue weighted by atomic mass is 9.63. The molecule has 2 aromatic rings. The summed E-state index contributed by atoms with van der Waals surface area (Å²) in [5.41, 5.74) is 6.82. The number of hydrogen-bond donors (Lipinski definition) is 1. The Balaban J connectivity index is 2.42. The van der Waals surface area contributed by atoms with E-state index in [9.17, 15) is 9.90 Å². The minimum Gasteiger partial charge on any atom is -0.507 e. The van der Waals surface area contributed by atoms with Gasteiger partial charge in [0.2, 0.25) is 0 Å². The Bertz CT molecular complexity index is 1350. The molecule has 1 saturated carbocycles. The number of hydrogen-bond acceptors (Lipinski definition) is 3.